The summed E-state index contributed by atoms with van der Waals surface area (Å²) in [5, 5.41) is 6.43. The van der Waals surface area contributed by atoms with Gasteiger partial charge in [0, 0.05) is 19.3 Å². The fraction of sp³-hybridized carbons (Fsp3) is 0.435. The molecule has 2 aromatic rings. The second kappa shape index (κ2) is 14.3. The van der Waals surface area contributed by atoms with Crippen LogP contribution >= 0.6 is 24.0 Å². The zero-order valence-corrected chi connectivity index (χ0v) is 22.0. The first-order chi connectivity index (χ1) is 14.8. The summed E-state index contributed by atoms with van der Waals surface area (Å²) in [6.07, 6.45) is 2.91. The normalized spacial score (nSPS) is 11.6. The largest absolute Gasteiger partial charge is 0.494 e. The average molecular weight is 578 g/mol. The lowest BCUT2D eigenvalue weighted by Gasteiger charge is -2.13. The van der Waals surface area contributed by atoms with Crippen LogP contribution in [0.5, 0.6) is 5.75 Å². The molecule has 0 spiro atoms. The first kappa shape index (κ1) is 28.2. The van der Waals surface area contributed by atoms with E-state index in [0.29, 0.717) is 36.8 Å². The third-order valence-electron chi connectivity index (χ3n) is 4.42. The van der Waals surface area contributed by atoms with Crippen molar-refractivity contribution in [2.24, 2.45) is 4.99 Å². The van der Waals surface area contributed by atoms with Gasteiger partial charge in [0.05, 0.1) is 18.9 Å². The molecule has 2 aromatic carbocycles. The fourth-order valence-electron chi connectivity index (χ4n) is 3.01. The number of hydrogen-bond donors (Lipinski definition) is 2. The molecular formula is C23H33FIN3O3S. The molecule has 0 unspecified atom stereocenters. The quantitative estimate of drug-likeness (QED) is 0.239. The van der Waals surface area contributed by atoms with Gasteiger partial charge < -0.3 is 15.4 Å². The van der Waals surface area contributed by atoms with Crippen LogP contribution in [0.1, 0.15) is 37.0 Å². The molecular weight excluding hydrogens is 544 g/mol. The smallest absolute Gasteiger partial charge is 0.191 e. The molecule has 0 atom stereocenters. The summed E-state index contributed by atoms with van der Waals surface area (Å²) in [4.78, 5) is 4.51. The van der Waals surface area contributed by atoms with E-state index in [-0.39, 0.29) is 36.3 Å². The van der Waals surface area contributed by atoms with E-state index >= 15 is 0 Å². The monoisotopic (exact) mass is 577 g/mol. The van der Waals surface area contributed by atoms with Crippen molar-refractivity contribution in [3.63, 3.8) is 0 Å². The van der Waals surface area contributed by atoms with Gasteiger partial charge in [-0.2, -0.15) is 0 Å². The van der Waals surface area contributed by atoms with Gasteiger partial charge in [-0.25, -0.2) is 17.8 Å². The van der Waals surface area contributed by atoms with Crippen molar-refractivity contribution in [2.45, 2.75) is 39.0 Å². The number of aliphatic imine (C=N–C) groups is 1. The summed E-state index contributed by atoms with van der Waals surface area (Å²) >= 11 is 0. The maximum Gasteiger partial charge on any atom is 0.191 e. The molecule has 0 saturated carbocycles. The average Bonchev–Trinajstić information content (AvgIpc) is 2.71. The maximum absolute atomic E-state index is 13.7. The standard InChI is InChI=1S/C23H32FN3O3S.HI/c1-4-13-30-22-8-6-7-18(14-22)11-12-26-23(25-5-2)27-16-20-15-21(24)10-9-19(20)17-31(3,28)29;/h6-10,14-15H,4-5,11-13,16-17H2,1-3H3,(H2,25,26,27);1H. The van der Waals surface area contributed by atoms with E-state index < -0.39 is 15.7 Å². The highest BCUT2D eigenvalue weighted by atomic mass is 127. The molecule has 0 aliphatic rings. The Morgan fingerprint density at radius 2 is 1.88 bits per heavy atom. The fourth-order valence-corrected chi connectivity index (χ4v) is 3.85. The Bertz CT molecular complexity index is 984. The number of ether oxygens (including phenoxy) is 1. The lowest BCUT2D eigenvalue weighted by Crippen LogP contribution is -2.38. The third kappa shape index (κ3) is 10.6. The molecule has 9 heteroatoms. The Balaban J connectivity index is 0.00000512. The maximum atomic E-state index is 13.7. The molecule has 0 aromatic heterocycles. The Labute approximate surface area is 208 Å². The lowest BCUT2D eigenvalue weighted by molar-refractivity contribution is 0.317. The number of nitrogens with zero attached hydrogens (tertiary/aromatic N) is 1. The molecule has 0 radical (unpaired) electrons. The van der Waals surface area contributed by atoms with E-state index in [1.165, 1.54) is 18.2 Å². The number of benzene rings is 2. The van der Waals surface area contributed by atoms with Crippen LogP contribution in [0.2, 0.25) is 0 Å². The topological polar surface area (TPSA) is 79.8 Å². The Morgan fingerprint density at radius 1 is 1.09 bits per heavy atom. The van der Waals surface area contributed by atoms with E-state index in [4.69, 9.17) is 4.74 Å². The Morgan fingerprint density at radius 3 is 2.56 bits per heavy atom. The van der Waals surface area contributed by atoms with E-state index in [1.807, 2.05) is 25.1 Å². The summed E-state index contributed by atoms with van der Waals surface area (Å²) in [5.74, 6) is 0.906. The molecule has 0 bridgehead atoms. The molecule has 32 heavy (non-hydrogen) atoms. The molecule has 178 valence electrons. The van der Waals surface area contributed by atoms with Gasteiger partial charge in [0.25, 0.3) is 0 Å². The summed E-state index contributed by atoms with van der Waals surface area (Å²) in [7, 11) is -3.23. The van der Waals surface area contributed by atoms with Crippen molar-refractivity contribution in [1.82, 2.24) is 10.6 Å². The Kier molecular flexibility index (Phi) is 12.6. The van der Waals surface area contributed by atoms with Crippen molar-refractivity contribution < 1.29 is 17.5 Å². The first-order valence-electron chi connectivity index (χ1n) is 10.5. The van der Waals surface area contributed by atoms with Crippen LogP contribution in [-0.2, 0) is 28.6 Å². The van der Waals surface area contributed by atoms with E-state index in [0.717, 1.165) is 30.4 Å². The van der Waals surface area contributed by atoms with Gasteiger partial charge in [0.2, 0.25) is 0 Å². The van der Waals surface area contributed by atoms with Crippen LogP contribution in [0.25, 0.3) is 0 Å². The highest BCUT2D eigenvalue weighted by Gasteiger charge is 2.11. The predicted molar refractivity (Wildman–Crippen MR) is 139 cm³/mol. The number of rotatable bonds is 11. The minimum atomic E-state index is -3.23. The van der Waals surface area contributed by atoms with Gasteiger partial charge in [-0.3, -0.25) is 0 Å². The highest BCUT2D eigenvalue weighted by molar-refractivity contribution is 14.0. The van der Waals surface area contributed by atoms with Crippen LogP contribution in [0, 0.1) is 5.82 Å². The summed E-state index contributed by atoms with van der Waals surface area (Å²) in [5.41, 5.74) is 2.27. The molecule has 0 saturated heterocycles. The molecule has 0 aliphatic heterocycles. The van der Waals surface area contributed by atoms with Crippen molar-refractivity contribution in [2.75, 3.05) is 26.0 Å². The van der Waals surface area contributed by atoms with Gasteiger partial charge in [-0.15, -0.1) is 24.0 Å². The van der Waals surface area contributed by atoms with Crippen molar-refractivity contribution in [3.05, 3.63) is 65.0 Å². The zero-order chi connectivity index (χ0) is 22.7. The highest BCUT2D eigenvalue weighted by Crippen LogP contribution is 2.16. The zero-order valence-electron chi connectivity index (χ0n) is 18.9. The summed E-state index contributed by atoms with van der Waals surface area (Å²) in [6.45, 7) is 6.24. The lowest BCUT2D eigenvalue weighted by atomic mass is 10.1. The summed E-state index contributed by atoms with van der Waals surface area (Å²) in [6, 6.07) is 12.1. The van der Waals surface area contributed by atoms with E-state index in [2.05, 4.69) is 28.6 Å². The van der Waals surface area contributed by atoms with Crippen LogP contribution in [0.15, 0.2) is 47.5 Å². The third-order valence-corrected chi connectivity index (χ3v) is 5.25. The van der Waals surface area contributed by atoms with Crippen molar-refractivity contribution in [3.8, 4) is 5.75 Å². The minimum absolute atomic E-state index is 0. The van der Waals surface area contributed by atoms with Gasteiger partial charge in [-0.05, 0) is 60.7 Å². The molecule has 2 N–H and O–H groups in total. The SMILES string of the molecule is CCCOc1cccc(CCNC(=NCc2cc(F)ccc2CS(C)(=O)=O)NCC)c1.I. The second-order valence-corrected chi connectivity index (χ2v) is 9.49. The van der Waals surface area contributed by atoms with E-state index in [1.54, 1.807) is 0 Å². The molecule has 6 nitrogen and oxygen atoms in total. The molecule has 0 aliphatic carbocycles. The predicted octanol–water partition coefficient (Wildman–Crippen LogP) is 4.07. The minimum Gasteiger partial charge on any atom is -0.494 e. The van der Waals surface area contributed by atoms with Crippen LogP contribution in [0.3, 0.4) is 0 Å². The van der Waals surface area contributed by atoms with Crippen LogP contribution in [0.4, 0.5) is 4.39 Å². The number of guanidine groups is 1. The van der Waals surface area contributed by atoms with Crippen LogP contribution in [-0.4, -0.2) is 40.3 Å². The second-order valence-electron chi connectivity index (χ2n) is 7.35. The number of sulfone groups is 1. The van der Waals surface area contributed by atoms with Crippen molar-refractivity contribution >= 4 is 39.8 Å². The van der Waals surface area contributed by atoms with E-state index in [9.17, 15) is 12.8 Å². The van der Waals surface area contributed by atoms with Crippen LogP contribution < -0.4 is 15.4 Å². The van der Waals surface area contributed by atoms with Gasteiger partial charge >= 0.3 is 0 Å². The molecule has 2 rings (SSSR count). The summed E-state index contributed by atoms with van der Waals surface area (Å²) < 4.78 is 42.7. The molecule has 0 fully saturated rings. The number of nitrogens with one attached hydrogen (secondary N) is 2. The first-order valence-corrected chi connectivity index (χ1v) is 12.6. The number of halogens is 2. The Hall–Kier alpha value is -1.88. The van der Waals surface area contributed by atoms with Crippen molar-refractivity contribution in [1.29, 1.82) is 0 Å². The molecule has 0 amide bonds. The van der Waals surface area contributed by atoms with Gasteiger partial charge in [-0.1, -0.05) is 25.1 Å². The van der Waals surface area contributed by atoms with Gasteiger partial charge in [0.1, 0.15) is 11.6 Å². The molecule has 0 heterocycles. The van der Waals surface area contributed by atoms with Gasteiger partial charge in [0.15, 0.2) is 15.8 Å². The number of hydrogen-bond acceptors (Lipinski definition) is 4.